The Morgan fingerprint density at radius 1 is 1.29 bits per heavy atom. The molecule has 0 aromatic heterocycles. The number of ether oxygens (including phenoxy) is 1. The summed E-state index contributed by atoms with van der Waals surface area (Å²) in [6.07, 6.45) is 3.21. The van der Waals surface area contributed by atoms with Gasteiger partial charge in [-0.3, -0.25) is 4.79 Å². The SMILES string of the molecule is CC1CCN(CCCNC(=O)C2Cc3ccccc3C(=O)O2)CC1. The Morgan fingerprint density at radius 3 is 2.83 bits per heavy atom. The van der Waals surface area contributed by atoms with E-state index in [1.54, 1.807) is 6.07 Å². The maximum Gasteiger partial charge on any atom is 0.339 e. The van der Waals surface area contributed by atoms with Crippen molar-refractivity contribution in [2.24, 2.45) is 5.92 Å². The molecule has 1 N–H and O–H groups in total. The zero-order valence-corrected chi connectivity index (χ0v) is 14.3. The number of hydrogen-bond acceptors (Lipinski definition) is 4. The molecule has 0 radical (unpaired) electrons. The number of carbonyl (C=O) groups excluding carboxylic acids is 2. The predicted molar refractivity (Wildman–Crippen MR) is 91.8 cm³/mol. The van der Waals surface area contributed by atoms with Crippen LogP contribution in [0.5, 0.6) is 0 Å². The first-order valence-corrected chi connectivity index (χ1v) is 8.92. The van der Waals surface area contributed by atoms with E-state index in [1.165, 1.54) is 12.8 Å². The van der Waals surface area contributed by atoms with Crippen LogP contribution in [0.15, 0.2) is 24.3 Å². The van der Waals surface area contributed by atoms with E-state index >= 15 is 0 Å². The van der Waals surface area contributed by atoms with Gasteiger partial charge < -0.3 is 15.0 Å². The topological polar surface area (TPSA) is 58.6 Å². The number of likely N-dealkylation sites (tertiary alicyclic amines) is 1. The van der Waals surface area contributed by atoms with Crippen molar-refractivity contribution in [2.75, 3.05) is 26.2 Å². The molecule has 1 unspecified atom stereocenters. The van der Waals surface area contributed by atoms with Crippen molar-refractivity contribution in [3.05, 3.63) is 35.4 Å². The highest BCUT2D eigenvalue weighted by Gasteiger charge is 2.30. The smallest absolute Gasteiger partial charge is 0.339 e. The number of hydrogen-bond donors (Lipinski definition) is 1. The van der Waals surface area contributed by atoms with E-state index in [9.17, 15) is 9.59 Å². The van der Waals surface area contributed by atoms with Gasteiger partial charge in [0, 0.05) is 13.0 Å². The fourth-order valence-corrected chi connectivity index (χ4v) is 3.39. The van der Waals surface area contributed by atoms with E-state index in [-0.39, 0.29) is 5.91 Å². The molecule has 0 saturated carbocycles. The second-order valence-electron chi connectivity index (χ2n) is 6.92. The van der Waals surface area contributed by atoms with Crippen LogP contribution in [0.1, 0.15) is 42.1 Å². The first-order valence-electron chi connectivity index (χ1n) is 8.92. The molecule has 1 amide bonds. The van der Waals surface area contributed by atoms with E-state index in [1.807, 2.05) is 18.2 Å². The van der Waals surface area contributed by atoms with Crippen molar-refractivity contribution in [1.29, 1.82) is 0 Å². The third kappa shape index (κ3) is 4.15. The minimum atomic E-state index is -0.705. The summed E-state index contributed by atoms with van der Waals surface area (Å²) in [5, 5.41) is 2.91. The number of carbonyl (C=O) groups is 2. The molecular weight excluding hydrogens is 304 g/mol. The fourth-order valence-electron chi connectivity index (χ4n) is 3.39. The van der Waals surface area contributed by atoms with Gasteiger partial charge in [-0.1, -0.05) is 25.1 Å². The number of nitrogens with zero attached hydrogens (tertiary/aromatic N) is 1. The first-order chi connectivity index (χ1) is 11.6. The Hall–Kier alpha value is -1.88. The van der Waals surface area contributed by atoms with Crippen molar-refractivity contribution < 1.29 is 14.3 Å². The van der Waals surface area contributed by atoms with Gasteiger partial charge in [0.2, 0.25) is 0 Å². The molecular formula is C19H26N2O3. The Bertz CT molecular complexity index is 594. The van der Waals surface area contributed by atoms with Crippen LogP contribution in [0.2, 0.25) is 0 Å². The van der Waals surface area contributed by atoms with Crippen LogP contribution in [-0.4, -0.2) is 49.1 Å². The zero-order chi connectivity index (χ0) is 16.9. The monoisotopic (exact) mass is 330 g/mol. The third-order valence-electron chi connectivity index (χ3n) is 5.01. The maximum absolute atomic E-state index is 12.2. The van der Waals surface area contributed by atoms with Crippen LogP contribution >= 0.6 is 0 Å². The second kappa shape index (κ2) is 7.79. The van der Waals surface area contributed by atoms with Crippen molar-refractivity contribution in [3.63, 3.8) is 0 Å². The average Bonchev–Trinajstić information content (AvgIpc) is 2.60. The summed E-state index contributed by atoms with van der Waals surface area (Å²) < 4.78 is 5.27. The van der Waals surface area contributed by atoms with Gasteiger partial charge in [0.25, 0.3) is 5.91 Å². The van der Waals surface area contributed by atoms with Crippen LogP contribution in [0.4, 0.5) is 0 Å². The van der Waals surface area contributed by atoms with Gasteiger partial charge in [0.15, 0.2) is 6.10 Å². The van der Waals surface area contributed by atoms with Crippen LogP contribution in [0.25, 0.3) is 0 Å². The number of amides is 1. The normalized spacial score (nSPS) is 21.9. The molecule has 1 atom stereocenters. The molecule has 2 aliphatic rings. The summed E-state index contributed by atoms with van der Waals surface area (Å²) in [5.74, 6) is 0.245. The summed E-state index contributed by atoms with van der Waals surface area (Å²) in [6.45, 7) is 6.26. The lowest BCUT2D eigenvalue weighted by atomic mass is 9.98. The molecule has 0 spiro atoms. The van der Waals surface area contributed by atoms with Gasteiger partial charge in [0.1, 0.15) is 0 Å². The molecule has 0 aliphatic carbocycles. The minimum absolute atomic E-state index is 0.190. The highest BCUT2D eigenvalue weighted by molar-refractivity contribution is 5.95. The number of benzene rings is 1. The van der Waals surface area contributed by atoms with E-state index in [4.69, 9.17) is 4.74 Å². The molecule has 1 saturated heterocycles. The predicted octanol–water partition coefficient (Wildman–Crippen LogP) is 2.01. The lowest BCUT2D eigenvalue weighted by molar-refractivity contribution is -0.130. The van der Waals surface area contributed by atoms with Gasteiger partial charge in [0.05, 0.1) is 5.56 Å². The van der Waals surface area contributed by atoms with Crippen molar-refractivity contribution >= 4 is 11.9 Å². The molecule has 24 heavy (non-hydrogen) atoms. The Balaban J connectivity index is 1.41. The van der Waals surface area contributed by atoms with Crippen molar-refractivity contribution in [2.45, 2.75) is 38.7 Å². The zero-order valence-electron chi connectivity index (χ0n) is 14.3. The van der Waals surface area contributed by atoms with Gasteiger partial charge >= 0.3 is 5.97 Å². The van der Waals surface area contributed by atoms with Gasteiger partial charge in [-0.15, -0.1) is 0 Å². The van der Waals surface area contributed by atoms with E-state index < -0.39 is 12.1 Å². The summed E-state index contributed by atoms with van der Waals surface area (Å²) in [5.41, 5.74) is 1.46. The Labute approximate surface area is 143 Å². The molecule has 0 bridgehead atoms. The summed E-state index contributed by atoms with van der Waals surface area (Å²) in [6, 6.07) is 7.31. The number of rotatable bonds is 5. The Morgan fingerprint density at radius 2 is 2.04 bits per heavy atom. The lowest BCUT2D eigenvalue weighted by Gasteiger charge is -2.30. The summed E-state index contributed by atoms with van der Waals surface area (Å²) in [7, 11) is 0. The van der Waals surface area contributed by atoms with Crippen LogP contribution in [0.3, 0.4) is 0 Å². The van der Waals surface area contributed by atoms with Crippen molar-refractivity contribution in [3.8, 4) is 0 Å². The number of fused-ring (bicyclic) bond motifs is 1. The number of piperidine rings is 1. The van der Waals surface area contributed by atoms with Gasteiger partial charge in [-0.2, -0.15) is 0 Å². The highest BCUT2D eigenvalue weighted by Crippen LogP contribution is 2.20. The van der Waals surface area contributed by atoms with E-state index in [0.717, 1.165) is 37.5 Å². The molecule has 5 heteroatoms. The minimum Gasteiger partial charge on any atom is -0.448 e. The van der Waals surface area contributed by atoms with E-state index in [0.29, 0.717) is 18.5 Å². The largest absolute Gasteiger partial charge is 0.448 e. The lowest BCUT2D eigenvalue weighted by Crippen LogP contribution is -2.42. The quantitative estimate of drug-likeness (QED) is 0.663. The van der Waals surface area contributed by atoms with Crippen LogP contribution < -0.4 is 5.32 Å². The molecule has 1 aromatic carbocycles. The Kier molecular flexibility index (Phi) is 5.51. The van der Waals surface area contributed by atoms with E-state index in [2.05, 4.69) is 17.1 Å². The van der Waals surface area contributed by atoms with Gasteiger partial charge in [-0.05, 0) is 56.4 Å². The maximum atomic E-state index is 12.2. The summed E-state index contributed by atoms with van der Waals surface area (Å²) in [4.78, 5) is 26.7. The summed E-state index contributed by atoms with van der Waals surface area (Å²) >= 11 is 0. The molecule has 2 heterocycles. The number of cyclic esters (lactones) is 1. The molecule has 1 aromatic rings. The molecule has 5 nitrogen and oxygen atoms in total. The number of esters is 1. The van der Waals surface area contributed by atoms with Crippen LogP contribution in [0, 0.1) is 5.92 Å². The number of nitrogens with one attached hydrogen (secondary N) is 1. The average molecular weight is 330 g/mol. The highest BCUT2D eigenvalue weighted by atomic mass is 16.5. The van der Waals surface area contributed by atoms with Crippen molar-refractivity contribution in [1.82, 2.24) is 10.2 Å². The fraction of sp³-hybridized carbons (Fsp3) is 0.579. The molecule has 2 aliphatic heterocycles. The molecule has 1 fully saturated rings. The standard InChI is InChI=1S/C19H26N2O3/c1-14-7-11-21(12-8-14)10-4-9-20-18(22)17-13-15-5-2-3-6-16(15)19(23)24-17/h2-3,5-6,14,17H,4,7-13H2,1H3,(H,20,22). The molecule has 130 valence electrons. The third-order valence-corrected chi connectivity index (χ3v) is 5.01. The van der Waals surface area contributed by atoms with Crippen LogP contribution in [-0.2, 0) is 16.0 Å². The second-order valence-corrected chi connectivity index (χ2v) is 6.92. The first kappa shape index (κ1) is 17.0. The van der Waals surface area contributed by atoms with Gasteiger partial charge in [-0.25, -0.2) is 4.79 Å². The molecule has 3 rings (SSSR count).